The van der Waals surface area contributed by atoms with Crippen LogP contribution < -0.4 is 5.48 Å². The number of amides is 1. The SMILES string of the molecule is Cc1ncoc1C(=O)NOCC(F)(F)F. The number of hydroxylamine groups is 1. The smallest absolute Gasteiger partial charge is 0.414 e. The van der Waals surface area contributed by atoms with E-state index in [0.717, 1.165) is 6.39 Å². The molecule has 0 aliphatic heterocycles. The van der Waals surface area contributed by atoms with Gasteiger partial charge in [0.1, 0.15) is 0 Å². The van der Waals surface area contributed by atoms with Crippen molar-refractivity contribution in [1.82, 2.24) is 10.5 Å². The van der Waals surface area contributed by atoms with Gasteiger partial charge in [0.25, 0.3) is 0 Å². The van der Waals surface area contributed by atoms with Gasteiger partial charge in [0, 0.05) is 0 Å². The van der Waals surface area contributed by atoms with Crippen molar-refractivity contribution in [1.29, 1.82) is 0 Å². The van der Waals surface area contributed by atoms with Gasteiger partial charge in [-0.2, -0.15) is 13.2 Å². The van der Waals surface area contributed by atoms with E-state index in [1.54, 1.807) is 5.48 Å². The highest BCUT2D eigenvalue weighted by molar-refractivity contribution is 5.91. The lowest BCUT2D eigenvalue weighted by Gasteiger charge is -2.06. The normalized spacial score (nSPS) is 11.5. The summed E-state index contributed by atoms with van der Waals surface area (Å²) in [4.78, 5) is 18.6. The number of hydrogen-bond donors (Lipinski definition) is 1. The molecule has 1 N–H and O–H groups in total. The molecule has 0 saturated heterocycles. The molecule has 0 saturated carbocycles. The Kier molecular flexibility index (Phi) is 3.30. The summed E-state index contributed by atoms with van der Waals surface area (Å²) in [5, 5.41) is 0. The van der Waals surface area contributed by atoms with Crippen LogP contribution in [-0.4, -0.2) is 23.7 Å². The van der Waals surface area contributed by atoms with Crippen molar-refractivity contribution in [2.45, 2.75) is 13.1 Å². The molecule has 0 bridgehead atoms. The van der Waals surface area contributed by atoms with Crippen LogP contribution in [0.25, 0.3) is 0 Å². The molecular formula is C7H7F3N2O3. The Balaban J connectivity index is 2.41. The minimum Gasteiger partial charge on any atom is -0.438 e. The van der Waals surface area contributed by atoms with Crippen LogP contribution in [0.2, 0.25) is 0 Å². The topological polar surface area (TPSA) is 64.4 Å². The second-order valence-electron chi connectivity index (χ2n) is 2.60. The van der Waals surface area contributed by atoms with E-state index in [2.05, 4.69) is 14.2 Å². The number of halogens is 3. The molecule has 15 heavy (non-hydrogen) atoms. The molecule has 1 heterocycles. The third kappa shape index (κ3) is 3.58. The Morgan fingerprint density at radius 1 is 1.67 bits per heavy atom. The van der Waals surface area contributed by atoms with Gasteiger partial charge in [-0.1, -0.05) is 0 Å². The molecule has 5 nitrogen and oxygen atoms in total. The molecule has 0 spiro atoms. The minimum atomic E-state index is -4.50. The number of aromatic nitrogens is 1. The molecular weight excluding hydrogens is 217 g/mol. The molecule has 8 heteroatoms. The van der Waals surface area contributed by atoms with Crippen LogP contribution in [0.4, 0.5) is 13.2 Å². The standard InChI is InChI=1S/C7H7F3N2O3/c1-4-5(14-3-11-4)6(13)12-15-2-7(8,9)10/h3H,2H2,1H3,(H,12,13). The van der Waals surface area contributed by atoms with Gasteiger partial charge in [0.05, 0.1) is 5.69 Å². The minimum absolute atomic E-state index is 0.183. The molecule has 0 fully saturated rings. The van der Waals surface area contributed by atoms with Gasteiger partial charge in [-0.05, 0) is 6.92 Å². The summed E-state index contributed by atoms with van der Waals surface area (Å²) in [5.41, 5.74) is 1.86. The van der Waals surface area contributed by atoms with Gasteiger partial charge >= 0.3 is 12.1 Å². The van der Waals surface area contributed by atoms with Crippen LogP contribution in [0.15, 0.2) is 10.8 Å². The fourth-order valence-electron chi connectivity index (χ4n) is 0.750. The van der Waals surface area contributed by atoms with Crippen molar-refractivity contribution >= 4 is 5.91 Å². The first-order chi connectivity index (χ1) is 6.90. The number of nitrogens with one attached hydrogen (secondary N) is 1. The van der Waals surface area contributed by atoms with E-state index >= 15 is 0 Å². The summed E-state index contributed by atoms with van der Waals surface area (Å²) in [6.45, 7) is -0.0892. The summed E-state index contributed by atoms with van der Waals surface area (Å²) in [6, 6.07) is 0. The zero-order chi connectivity index (χ0) is 11.5. The highest BCUT2D eigenvalue weighted by Gasteiger charge is 2.28. The Hall–Kier alpha value is -1.57. The van der Waals surface area contributed by atoms with E-state index in [0.29, 0.717) is 0 Å². The van der Waals surface area contributed by atoms with Crippen molar-refractivity contribution in [3.63, 3.8) is 0 Å². The van der Waals surface area contributed by atoms with Crippen molar-refractivity contribution in [2.75, 3.05) is 6.61 Å². The average molecular weight is 224 g/mol. The maximum atomic E-state index is 11.6. The average Bonchev–Trinajstić information content (AvgIpc) is 2.48. The van der Waals surface area contributed by atoms with E-state index in [4.69, 9.17) is 0 Å². The first-order valence-electron chi connectivity index (χ1n) is 3.79. The predicted octanol–water partition coefficient (Wildman–Crippen LogP) is 1.21. The number of carbonyl (C=O) groups is 1. The molecule has 0 radical (unpaired) electrons. The highest BCUT2D eigenvalue weighted by Crippen LogP contribution is 2.13. The summed E-state index contributed by atoms with van der Waals surface area (Å²) in [7, 11) is 0. The third-order valence-electron chi connectivity index (χ3n) is 1.35. The zero-order valence-electron chi connectivity index (χ0n) is 7.59. The largest absolute Gasteiger partial charge is 0.438 e. The van der Waals surface area contributed by atoms with E-state index in [1.807, 2.05) is 0 Å². The van der Waals surface area contributed by atoms with E-state index < -0.39 is 18.7 Å². The fourth-order valence-corrected chi connectivity index (χ4v) is 0.750. The van der Waals surface area contributed by atoms with Crippen LogP contribution >= 0.6 is 0 Å². The van der Waals surface area contributed by atoms with Crippen molar-refractivity contribution in [2.24, 2.45) is 0 Å². The number of hydrogen-bond acceptors (Lipinski definition) is 4. The second kappa shape index (κ2) is 4.30. The molecule has 0 aliphatic rings. The molecule has 0 atom stereocenters. The number of alkyl halides is 3. The van der Waals surface area contributed by atoms with Gasteiger partial charge in [-0.15, -0.1) is 0 Å². The first-order valence-corrected chi connectivity index (χ1v) is 3.79. The molecule has 1 rings (SSSR count). The fraction of sp³-hybridized carbons (Fsp3) is 0.429. The van der Waals surface area contributed by atoms with Crippen LogP contribution in [0.5, 0.6) is 0 Å². The zero-order valence-corrected chi connectivity index (χ0v) is 7.59. The van der Waals surface area contributed by atoms with Crippen molar-refractivity contribution in [3.8, 4) is 0 Å². The summed E-state index contributed by atoms with van der Waals surface area (Å²) in [6.07, 6.45) is -3.49. The molecule has 1 aromatic heterocycles. The van der Waals surface area contributed by atoms with Crippen LogP contribution in [0, 0.1) is 6.92 Å². The number of rotatable bonds is 3. The Bertz CT molecular complexity index is 347. The molecule has 0 unspecified atom stereocenters. The van der Waals surface area contributed by atoms with Crippen LogP contribution in [-0.2, 0) is 4.84 Å². The van der Waals surface area contributed by atoms with Crippen molar-refractivity contribution < 1.29 is 27.2 Å². The van der Waals surface area contributed by atoms with E-state index in [1.165, 1.54) is 6.92 Å². The van der Waals surface area contributed by atoms with Gasteiger partial charge < -0.3 is 4.42 Å². The maximum Gasteiger partial charge on any atom is 0.414 e. The van der Waals surface area contributed by atoms with Gasteiger partial charge in [-0.3, -0.25) is 9.63 Å². The second-order valence-corrected chi connectivity index (χ2v) is 2.60. The Morgan fingerprint density at radius 2 is 2.33 bits per heavy atom. The van der Waals surface area contributed by atoms with Crippen LogP contribution in [0.3, 0.4) is 0 Å². The van der Waals surface area contributed by atoms with Crippen molar-refractivity contribution in [3.05, 3.63) is 17.8 Å². The first kappa shape index (κ1) is 11.5. The lowest BCUT2D eigenvalue weighted by Crippen LogP contribution is -2.29. The van der Waals surface area contributed by atoms with Crippen LogP contribution in [0.1, 0.15) is 16.2 Å². The summed E-state index contributed by atoms with van der Waals surface area (Å²) < 4.78 is 39.5. The molecule has 84 valence electrons. The Labute approximate surface area is 82.2 Å². The van der Waals surface area contributed by atoms with E-state index in [-0.39, 0.29) is 11.5 Å². The lowest BCUT2D eigenvalue weighted by molar-refractivity contribution is -0.184. The lowest BCUT2D eigenvalue weighted by atomic mass is 10.4. The number of oxazole rings is 1. The van der Waals surface area contributed by atoms with Gasteiger partial charge in [0.2, 0.25) is 5.76 Å². The Morgan fingerprint density at radius 3 is 2.80 bits per heavy atom. The number of carbonyl (C=O) groups excluding carboxylic acids is 1. The number of nitrogens with zero attached hydrogens (tertiary/aromatic N) is 1. The number of aryl methyl sites for hydroxylation is 1. The maximum absolute atomic E-state index is 11.6. The quantitative estimate of drug-likeness (QED) is 0.783. The van der Waals surface area contributed by atoms with E-state index in [9.17, 15) is 18.0 Å². The molecule has 1 amide bonds. The van der Waals surface area contributed by atoms with Gasteiger partial charge in [0.15, 0.2) is 13.0 Å². The highest BCUT2D eigenvalue weighted by atomic mass is 19.4. The summed E-state index contributed by atoms with van der Waals surface area (Å²) in [5.74, 6) is -1.09. The predicted molar refractivity (Wildman–Crippen MR) is 40.7 cm³/mol. The monoisotopic (exact) mass is 224 g/mol. The van der Waals surface area contributed by atoms with Gasteiger partial charge in [-0.25, -0.2) is 10.5 Å². The summed E-state index contributed by atoms with van der Waals surface area (Å²) >= 11 is 0. The molecule has 0 aromatic carbocycles. The molecule has 1 aromatic rings. The third-order valence-corrected chi connectivity index (χ3v) is 1.35. The molecule has 0 aliphatic carbocycles.